The zero-order chi connectivity index (χ0) is 82.2. The molecular weight excluding hydrogens is 1460 g/mol. The lowest BCUT2D eigenvalue weighted by Gasteiger charge is -2.21. The Labute approximate surface area is 690 Å². The Balaban J connectivity index is 4.39. The summed E-state index contributed by atoms with van der Waals surface area (Å²) in [6, 6.07) is 0. The lowest BCUT2D eigenvalue weighted by atomic mass is 10.0. The Bertz CT molecular complexity index is 2580. The number of allylic oxidation sites excluding steroid dienone is 22. The van der Waals surface area contributed by atoms with Crippen molar-refractivity contribution < 1.29 is 75.8 Å². The fourth-order valence-electron chi connectivity index (χ4n) is 12.4. The number of aliphatic hydroxyl groups excluding tert-OH is 2. The predicted molar refractivity (Wildman–Crippen MR) is 473 cm³/mol. The van der Waals surface area contributed by atoms with E-state index >= 15 is 0 Å². The number of unbranched alkanes of at least 4 members (excludes halogenated alkanes) is 41. The van der Waals surface area contributed by atoms with E-state index in [-0.39, 0.29) is 19.3 Å². The van der Waals surface area contributed by atoms with Gasteiger partial charge in [0.25, 0.3) is 0 Å². The Morgan fingerprint density at radius 1 is 0.257 bits per heavy atom. The van der Waals surface area contributed by atoms with Crippen LogP contribution in [0.5, 0.6) is 0 Å². The molecule has 0 saturated heterocycles. The predicted octanol–water partition coefficient (Wildman–Crippen LogP) is 27.8. The molecule has 0 aromatic carbocycles. The molecule has 0 aliphatic carbocycles. The van der Waals surface area contributed by atoms with E-state index in [4.69, 9.17) is 32.3 Å². The van der Waals surface area contributed by atoms with Gasteiger partial charge in [-0.05, 0) is 135 Å². The average molecular weight is 1630 g/mol. The highest BCUT2D eigenvalue weighted by molar-refractivity contribution is 7.47. The van der Waals surface area contributed by atoms with Crippen molar-refractivity contribution in [2.45, 2.75) is 411 Å². The normalized spacial score (nSPS) is 14.4. The van der Waals surface area contributed by atoms with E-state index in [0.717, 1.165) is 141 Å². The van der Waals surface area contributed by atoms with Crippen LogP contribution in [0.2, 0.25) is 0 Å². The van der Waals surface area contributed by atoms with Crippen LogP contribution in [-0.2, 0) is 55.8 Å². The lowest BCUT2D eigenvalue weighted by molar-refractivity contribution is -0.161. The van der Waals surface area contributed by atoms with Gasteiger partial charge in [0.15, 0.2) is 6.10 Å². The standard InChI is InChI=1S/C95H166O16P2/c1-4-7-10-13-16-19-22-25-27-29-31-33-35-37-39-41-43-44-46-48-49-51-53-55-57-59-61-64-66-69-72-75-78-81-93(98)105-84-90(96)85-107-112(101,102)108-86-91(97)87-109-113(103,104)110-89-92(111-95(100)83-80-77-74-71-68-63-24-21-18-15-12-9-6-3)88-106-94(99)82-79-76-73-70-67-65-62-60-58-56-54-52-50-47-45-42-40-38-36-34-32-30-28-26-23-20-17-14-11-8-5-2/h7,10,12,15-17,19-21,24-28,31-34,37-40,90-92,96-97H,4-6,8-9,11,13-14,18,22-23,29-30,35-36,41-89H2,1-3H3,(H,101,102)(H,103,104)/b10-7-,15-12-,19-16-,20-17-,24-21-,27-25-,28-26-,33-31-,34-32-,39-37-,40-38-. The summed E-state index contributed by atoms with van der Waals surface area (Å²) in [5.74, 6) is -1.58. The molecular formula is C95H166O16P2. The fraction of sp³-hybridized carbons (Fsp3) is 0.737. The molecule has 0 saturated carbocycles. The Morgan fingerprint density at radius 3 is 0.779 bits per heavy atom. The highest BCUT2D eigenvalue weighted by Gasteiger charge is 2.29. The Hall–Kier alpha value is -4.31. The molecule has 5 unspecified atom stereocenters. The van der Waals surface area contributed by atoms with Crippen molar-refractivity contribution in [3.8, 4) is 0 Å². The van der Waals surface area contributed by atoms with Crippen molar-refractivity contribution in [2.24, 2.45) is 0 Å². The van der Waals surface area contributed by atoms with Crippen LogP contribution in [0.15, 0.2) is 134 Å². The topological polar surface area (TPSA) is 231 Å². The Kier molecular flexibility index (Phi) is 83.7. The maximum absolute atomic E-state index is 13.0. The maximum Gasteiger partial charge on any atom is 0.472 e. The third-order valence-electron chi connectivity index (χ3n) is 19.3. The van der Waals surface area contributed by atoms with E-state index in [0.29, 0.717) is 19.3 Å². The van der Waals surface area contributed by atoms with E-state index in [1.807, 2.05) is 0 Å². The number of rotatable bonds is 86. The molecule has 0 aromatic heterocycles. The first kappa shape index (κ1) is 109. The molecule has 16 nitrogen and oxygen atoms in total. The summed E-state index contributed by atoms with van der Waals surface area (Å²) >= 11 is 0. The van der Waals surface area contributed by atoms with Crippen LogP contribution in [0, 0.1) is 0 Å². The summed E-state index contributed by atoms with van der Waals surface area (Å²) in [6.07, 6.45) is 108. The van der Waals surface area contributed by atoms with Crippen molar-refractivity contribution in [2.75, 3.05) is 39.6 Å². The summed E-state index contributed by atoms with van der Waals surface area (Å²) in [5.41, 5.74) is 0. The van der Waals surface area contributed by atoms with Crippen molar-refractivity contribution >= 4 is 33.6 Å². The first-order valence-electron chi connectivity index (χ1n) is 45.5. The van der Waals surface area contributed by atoms with Crippen molar-refractivity contribution in [3.05, 3.63) is 134 Å². The molecule has 113 heavy (non-hydrogen) atoms. The van der Waals surface area contributed by atoms with Crippen LogP contribution in [0.1, 0.15) is 393 Å². The van der Waals surface area contributed by atoms with Gasteiger partial charge in [-0.15, -0.1) is 0 Å². The minimum absolute atomic E-state index is 0.0884. The van der Waals surface area contributed by atoms with Gasteiger partial charge >= 0.3 is 33.6 Å². The molecule has 0 fully saturated rings. The molecule has 652 valence electrons. The van der Waals surface area contributed by atoms with Gasteiger partial charge in [0.2, 0.25) is 0 Å². The summed E-state index contributed by atoms with van der Waals surface area (Å²) < 4.78 is 61.3. The minimum atomic E-state index is -4.94. The van der Waals surface area contributed by atoms with E-state index in [9.17, 15) is 43.5 Å². The first-order valence-corrected chi connectivity index (χ1v) is 48.5. The second-order valence-electron chi connectivity index (χ2n) is 30.4. The highest BCUT2D eigenvalue weighted by Crippen LogP contribution is 2.45. The van der Waals surface area contributed by atoms with Gasteiger partial charge in [0.05, 0.1) is 26.4 Å². The second kappa shape index (κ2) is 87.0. The summed E-state index contributed by atoms with van der Waals surface area (Å²) in [5, 5.41) is 20.7. The number of aliphatic hydroxyl groups is 2. The molecule has 0 spiro atoms. The molecule has 0 aliphatic rings. The first-order chi connectivity index (χ1) is 55.2. The number of esters is 3. The number of phosphoric acid groups is 2. The molecule has 0 bridgehead atoms. The SMILES string of the molecule is CC/C=C\C/C=C\C/C=C\C/C=C\C/C=C\CCCCCCCCCCCCCCCCCCCC(=O)OCC(O)COP(=O)(O)OCC(O)COP(=O)(O)OCC(COC(=O)CCCCCCCCCCCCCCCCC/C=C\C/C=C\C/C=C\C/C=C\CCCCC)OC(=O)CCCCCCC/C=C\C/C=C\CCC. The van der Waals surface area contributed by atoms with E-state index in [2.05, 4.69) is 154 Å². The van der Waals surface area contributed by atoms with Gasteiger partial charge in [0, 0.05) is 19.3 Å². The molecule has 0 aromatic rings. The molecule has 5 atom stereocenters. The Morgan fingerprint density at radius 2 is 0.487 bits per heavy atom. The van der Waals surface area contributed by atoms with Gasteiger partial charge in [-0.2, -0.15) is 0 Å². The number of ether oxygens (including phenoxy) is 3. The number of carbonyl (C=O) groups is 3. The molecule has 0 heterocycles. The van der Waals surface area contributed by atoms with Crippen LogP contribution in [-0.4, -0.2) is 95.9 Å². The van der Waals surface area contributed by atoms with Crippen LogP contribution < -0.4 is 0 Å². The van der Waals surface area contributed by atoms with Crippen molar-refractivity contribution in [3.63, 3.8) is 0 Å². The van der Waals surface area contributed by atoms with Crippen molar-refractivity contribution in [1.82, 2.24) is 0 Å². The lowest BCUT2D eigenvalue weighted by Crippen LogP contribution is -2.30. The van der Waals surface area contributed by atoms with Gasteiger partial charge in [0.1, 0.15) is 25.4 Å². The summed E-state index contributed by atoms with van der Waals surface area (Å²) in [4.78, 5) is 58.8. The van der Waals surface area contributed by atoms with E-state index < -0.39 is 91.5 Å². The quantitative estimate of drug-likeness (QED) is 0.0146. The van der Waals surface area contributed by atoms with Gasteiger partial charge in [-0.25, -0.2) is 9.13 Å². The summed E-state index contributed by atoms with van der Waals surface area (Å²) in [6.45, 7) is 2.51. The van der Waals surface area contributed by atoms with Crippen LogP contribution in [0.3, 0.4) is 0 Å². The van der Waals surface area contributed by atoms with Crippen LogP contribution in [0.25, 0.3) is 0 Å². The average Bonchev–Trinajstić information content (AvgIpc) is 0.903. The number of hydrogen-bond donors (Lipinski definition) is 4. The number of phosphoric ester groups is 2. The number of carbonyl (C=O) groups excluding carboxylic acids is 3. The molecule has 4 N–H and O–H groups in total. The molecule has 0 rings (SSSR count). The van der Waals surface area contributed by atoms with Gasteiger partial charge in [-0.3, -0.25) is 32.5 Å². The van der Waals surface area contributed by atoms with Gasteiger partial charge < -0.3 is 34.2 Å². The van der Waals surface area contributed by atoms with E-state index in [1.165, 1.54) is 193 Å². The zero-order valence-electron chi connectivity index (χ0n) is 71.8. The van der Waals surface area contributed by atoms with Gasteiger partial charge in [-0.1, -0.05) is 373 Å². The zero-order valence-corrected chi connectivity index (χ0v) is 73.6. The summed E-state index contributed by atoms with van der Waals surface area (Å²) in [7, 11) is -9.80. The smallest absolute Gasteiger partial charge is 0.463 e. The molecule has 0 radical (unpaired) electrons. The third-order valence-corrected chi connectivity index (χ3v) is 21.2. The maximum atomic E-state index is 13.0. The van der Waals surface area contributed by atoms with E-state index in [1.54, 1.807) is 0 Å². The van der Waals surface area contributed by atoms with Crippen LogP contribution >= 0.6 is 15.6 Å². The molecule has 0 amide bonds. The second-order valence-corrected chi connectivity index (χ2v) is 33.3. The third kappa shape index (κ3) is 88.3. The fourth-order valence-corrected chi connectivity index (χ4v) is 14.0. The molecule has 18 heteroatoms. The highest BCUT2D eigenvalue weighted by atomic mass is 31.2. The monoisotopic (exact) mass is 1630 g/mol. The van der Waals surface area contributed by atoms with Crippen molar-refractivity contribution in [1.29, 1.82) is 0 Å². The molecule has 0 aliphatic heterocycles. The van der Waals surface area contributed by atoms with Crippen LogP contribution in [0.4, 0.5) is 0 Å². The number of hydrogen-bond acceptors (Lipinski definition) is 14. The largest absolute Gasteiger partial charge is 0.472 e. The minimum Gasteiger partial charge on any atom is -0.463 e.